The molecule has 0 unspecified atom stereocenters. The molecular formula is C12H12N2S. The van der Waals surface area contributed by atoms with Crippen molar-refractivity contribution in [3.63, 3.8) is 0 Å². The minimum atomic E-state index is 0.632. The topological polar surface area (TPSA) is 38.9 Å². The maximum atomic E-state index is 5.35. The van der Waals surface area contributed by atoms with Crippen LogP contribution < -0.4 is 5.73 Å². The number of fused-ring (bicyclic) bond motifs is 1. The summed E-state index contributed by atoms with van der Waals surface area (Å²) in [6.07, 6.45) is 1.50. The zero-order chi connectivity index (χ0) is 10.5. The first-order valence-electron chi connectivity index (χ1n) is 4.90. The van der Waals surface area contributed by atoms with Crippen molar-refractivity contribution in [1.29, 1.82) is 0 Å². The van der Waals surface area contributed by atoms with E-state index in [1.54, 1.807) is 11.3 Å². The molecule has 0 saturated carbocycles. The smallest absolute Gasteiger partial charge is 0.106 e. The Bertz CT molecular complexity index is 472. The molecule has 0 saturated heterocycles. The molecule has 76 valence electrons. The summed E-state index contributed by atoms with van der Waals surface area (Å²) in [5.74, 6) is 6.10. The summed E-state index contributed by atoms with van der Waals surface area (Å²) >= 11 is 1.71. The minimum Gasteiger partial charge on any atom is -0.330 e. The second-order valence-electron chi connectivity index (χ2n) is 3.14. The molecule has 2 nitrogen and oxygen atoms in total. The van der Waals surface area contributed by atoms with E-state index in [0.717, 1.165) is 23.4 Å². The van der Waals surface area contributed by atoms with Gasteiger partial charge in [0.25, 0.3) is 0 Å². The van der Waals surface area contributed by atoms with Crippen molar-refractivity contribution < 1.29 is 0 Å². The molecule has 0 aliphatic rings. The van der Waals surface area contributed by atoms with Crippen LogP contribution in [0.5, 0.6) is 0 Å². The van der Waals surface area contributed by atoms with E-state index in [-0.39, 0.29) is 0 Å². The lowest BCUT2D eigenvalue weighted by Gasteiger charge is -1.82. The van der Waals surface area contributed by atoms with Gasteiger partial charge >= 0.3 is 0 Å². The fourth-order valence-electron chi connectivity index (χ4n) is 1.29. The predicted molar refractivity (Wildman–Crippen MR) is 64.8 cm³/mol. The van der Waals surface area contributed by atoms with Crippen LogP contribution in [0.3, 0.4) is 0 Å². The van der Waals surface area contributed by atoms with Crippen molar-refractivity contribution in [3.05, 3.63) is 29.3 Å². The Hall–Kier alpha value is -1.37. The van der Waals surface area contributed by atoms with Crippen molar-refractivity contribution in [3.8, 4) is 11.8 Å². The van der Waals surface area contributed by atoms with Gasteiger partial charge in [0.1, 0.15) is 5.01 Å². The average Bonchev–Trinajstić information content (AvgIpc) is 2.67. The van der Waals surface area contributed by atoms with E-state index in [1.807, 2.05) is 18.2 Å². The molecule has 0 fully saturated rings. The first-order chi connectivity index (χ1) is 7.40. The summed E-state index contributed by atoms with van der Waals surface area (Å²) in [5, 5.41) is 1.08. The quantitative estimate of drug-likeness (QED) is 0.782. The Morgan fingerprint density at radius 2 is 2.13 bits per heavy atom. The van der Waals surface area contributed by atoms with Crippen LogP contribution >= 0.6 is 11.3 Å². The van der Waals surface area contributed by atoms with Gasteiger partial charge in [-0.25, -0.2) is 4.98 Å². The number of aromatic nitrogens is 1. The lowest BCUT2D eigenvalue weighted by molar-refractivity contribution is 1.03. The lowest BCUT2D eigenvalue weighted by Crippen LogP contribution is -1.95. The largest absolute Gasteiger partial charge is 0.330 e. The van der Waals surface area contributed by atoms with Crippen LogP contribution in [0.2, 0.25) is 0 Å². The number of nitrogens with two attached hydrogens (primary N) is 1. The highest BCUT2D eigenvalue weighted by atomic mass is 32.1. The molecule has 1 aromatic carbocycles. The SMILES string of the molecule is NCCC#CCc1nc2ccccc2s1. The molecule has 2 aromatic rings. The van der Waals surface area contributed by atoms with Gasteiger partial charge in [-0.1, -0.05) is 18.1 Å². The number of hydrogen-bond acceptors (Lipinski definition) is 3. The van der Waals surface area contributed by atoms with Crippen LogP contribution in [-0.4, -0.2) is 11.5 Å². The minimum absolute atomic E-state index is 0.632. The van der Waals surface area contributed by atoms with Gasteiger partial charge < -0.3 is 5.73 Å². The molecule has 15 heavy (non-hydrogen) atoms. The predicted octanol–water partition coefficient (Wildman–Crippen LogP) is 2.19. The van der Waals surface area contributed by atoms with E-state index in [0.29, 0.717) is 6.54 Å². The molecule has 3 heteroatoms. The van der Waals surface area contributed by atoms with Crippen LogP contribution in [0, 0.1) is 11.8 Å². The molecule has 1 aromatic heterocycles. The third-order valence-corrected chi connectivity index (χ3v) is 3.01. The molecule has 1 heterocycles. The standard InChI is InChI=1S/C12H12N2S/c13-9-5-1-2-8-12-14-10-6-3-4-7-11(10)15-12/h3-4,6-7H,5,8-9,13H2. The first-order valence-corrected chi connectivity index (χ1v) is 5.72. The molecule has 0 aliphatic carbocycles. The molecule has 0 amide bonds. The summed E-state index contributed by atoms with van der Waals surface area (Å²) in [6, 6.07) is 8.16. The molecule has 2 rings (SSSR count). The Labute approximate surface area is 93.1 Å². The number of rotatable bonds is 2. The Morgan fingerprint density at radius 3 is 2.93 bits per heavy atom. The van der Waals surface area contributed by atoms with Gasteiger partial charge in [0.05, 0.1) is 16.6 Å². The highest BCUT2D eigenvalue weighted by Gasteiger charge is 2.00. The second-order valence-corrected chi connectivity index (χ2v) is 4.26. The summed E-state index contributed by atoms with van der Waals surface area (Å²) in [5.41, 5.74) is 6.42. The molecular weight excluding hydrogens is 204 g/mol. The Balaban J connectivity index is 2.13. The zero-order valence-corrected chi connectivity index (χ0v) is 9.18. The average molecular weight is 216 g/mol. The number of thiazole rings is 1. The van der Waals surface area contributed by atoms with Gasteiger partial charge in [0.15, 0.2) is 0 Å². The maximum Gasteiger partial charge on any atom is 0.106 e. The van der Waals surface area contributed by atoms with Gasteiger partial charge in [0.2, 0.25) is 0 Å². The fraction of sp³-hybridized carbons (Fsp3) is 0.250. The van der Waals surface area contributed by atoms with Crippen LogP contribution in [0.15, 0.2) is 24.3 Å². The van der Waals surface area contributed by atoms with Gasteiger partial charge in [-0.15, -0.1) is 17.3 Å². The molecule has 0 spiro atoms. The van der Waals surface area contributed by atoms with E-state index in [4.69, 9.17) is 5.73 Å². The van der Waals surface area contributed by atoms with Crippen LogP contribution in [0.1, 0.15) is 11.4 Å². The summed E-state index contributed by atoms with van der Waals surface area (Å²) in [7, 11) is 0. The molecule has 0 atom stereocenters. The van der Waals surface area contributed by atoms with Gasteiger partial charge in [0, 0.05) is 13.0 Å². The van der Waals surface area contributed by atoms with Crippen molar-refractivity contribution in [1.82, 2.24) is 4.98 Å². The van der Waals surface area contributed by atoms with Crippen molar-refractivity contribution in [2.24, 2.45) is 5.73 Å². The number of benzene rings is 1. The fourth-order valence-corrected chi connectivity index (χ4v) is 2.20. The Morgan fingerprint density at radius 1 is 1.27 bits per heavy atom. The summed E-state index contributed by atoms with van der Waals surface area (Å²) < 4.78 is 1.23. The third-order valence-electron chi connectivity index (χ3n) is 1.97. The van der Waals surface area contributed by atoms with E-state index >= 15 is 0 Å². The van der Waals surface area contributed by atoms with Crippen LogP contribution in [0.4, 0.5) is 0 Å². The maximum absolute atomic E-state index is 5.35. The molecule has 2 N–H and O–H groups in total. The van der Waals surface area contributed by atoms with E-state index < -0.39 is 0 Å². The molecule has 0 bridgehead atoms. The number of para-hydroxylation sites is 1. The first kappa shape index (κ1) is 10.2. The van der Waals surface area contributed by atoms with E-state index in [9.17, 15) is 0 Å². The normalized spacial score (nSPS) is 9.93. The summed E-state index contributed by atoms with van der Waals surface area (Å²) in [4.78, 5) is 4.50. The zero-order valence-electron chi connectivity index (χ0n) is 8.36. The van der Waals surface area contributed by atoms with E-state index in [1.165, 1.54) is 4.70 Å². The van der Waals surface area contributed by atoms with Crippen molar-refractivity contribution in [2.45, 2.75) is 12.8 Å². The molecule has 0 aliphatic heterocycles. The number of hydrogen-bond donors (Lipinski definition) is 1. The van der Waals surface area contributed by atoms with Gasteiger partial charge in [-0.3, -0.25) is 0 Å². The Kier molecular flexibility index (Phi) is 3.33. The van der Waals surface area contributed by atoms with E-state index in [2.05, 4.69) is 22.9 Å². The van der Waals surface area contributed by atoms with Crippen LogP contribution in [0.25, 0.3) is 10.2 Å². The lowest BCUT2D eigenvalue weighted by atomic mass is 10.3. The monoisotopic (exact) mass is 216 g/mol. The highest BCUT2D eigenvalue weighted by Crippen LogP contribution is 2.21. The van der Waals surface area contributed by atoms with Gasteiger partial charge in [-0.2, -0.15) is 0 Å². The van der Waals surface area contributed by atoms with Crippen molar-refractivity contribution in [2.75, 3.05) is 6.54 Å². The third kappa shape index (κ3) is 2.56. The van der Waals surface area contributed by atoms with Gasteiger partial charge in [-0.05, 0) is 12.1 Å². The summed E-state index contributed by atoms with van der Waals surface area (Å²) in [6.45, 7) is 0.632. The second kappa shape index (κ2) is 4.92. The van der Waals surface area contributed by atoms with Crippen molar-refractivity contribution >= 4 is 21.6 Å². The van der Waals surface area contributed by atoms with Crippen LogP contribution in [-0.2, 0) is 6.42 Å². The number of nitrogens with zero attached hydrogens (tertiary/aromatic N) is 1. The molecule has 0 radical (unpaired) electrons. The highest BCUT2D eigenvalue weighted by molar-refractivity contribution is 7.18.